The molecule has 3 aromatic rings. The molecule has 0 saturated heterocycles. The maximum Gasteiger partial charge on any atom is 0.573 e. The second-order valence-electron chi connectivity index (χ2n) is 5.68. The second-order valence-corrected chi connectivity index (χ2v) is 5.68. The van der Waals surface area contributed by atoms with Gasteiger partial charge in [-0.15, -0.1) is 18.3 Å². The summed E-state index contributed by atoms with van der Waals surface area (Å²) >= 11 is 0. The Balaban J connectivity index is 1.78. The molecule has 1 atom stereocenters. The highest BCUT2D eigenvalue weighted by Gasteiger charge is 2.42. The Hall–Kier alpha value is -3.15. The van der Waals surface area contributed by atoms with Crippen molar-refractivity contribution >= 4 is 0 Å². The van der Waals surface area contributed by atoms with Gasteiger partial charge in [0.15, 0.2) is 0 Å². The summed E-state index contributed by atoms with van der Waals surface area (Å²) in [5.74, 6) is -4.15. The van der Waals surface area contributed by atoms with Gasteiger partial charge in [0.25, 0.3) is 0 Å². The second kappa shape index (κ2) is 7.46. The maximum atomic E-state index is 14.4. The first-order valence-corrected chi connectivity index (χ1v) is 7.74. The summed E-state index contributed by atoms with van der Waals surface area (Å²) in [6.07, 6.45) is -4.85. The number of alkyl halides is 5. The van der Waals surface area contributed by atoms with Crippen molar-refractivity contribution in [3.8, 4) is 16.9 Å². The van der Waals surface area contributed by atoms with Crippen molar-refractivity contribution in [1.29, 1.82) is 0 Å². The van der Waals surface area contributed by atoms with Crippen molar-refractivity contribution in [2.24, 2.45) is 0 Å². The number of aliphatic hydroxyl groups is 1. The molecule has 2 heterocycles. The fourth-order valence-corrected chi connectivity index (χ4v) is 2.36. The zero-order valence-corrected chi connectivity index (χ0v) is 13.9. The maximum absolute atomic E-state index is 14.4. The Kier molecular flexibility index (Phi) is 5.23. The summed E-state index contributed by atoms with van der Waals surface area (Å²) in [7, 11) is 0. The zero-order chi connectivity index (χ0) is 20.4. The van der Waals surface area contributed by atoms with E-state index in [1.54, 1.807) is 0 Å². The lowest BCUT2D eigenvalue weighted by Gasteiger charge is -2.21. The molecule has 0 aliphatic heterocycles. The Bertz CT molecular complexity index is 916. The minimum absolute atomic E-state index is 0.290. The van der Waals surface area contributed by atoms with Crippen LogP contribution in [0.5, 0.6) is 5.75 Å². The highest BCUT2D eigenvalue weighted by Crippen LogP contribution is 2.33. The van der Waals surface area contributed by atoms with Gasteiger partial charge in [0.1, 0.15) is 23.9 Å². The van der Waals surface area contributed by atoms with E-state index >= 15 is 0 Å². The largest absolute Gasteiger partial charge is 0.573 e. The molecule has 7 nitrogen and oxygen atoms in total. The third-order valence-corrected chi connectivity index (χ3v) is 3.68. The van der Waals surface area contributed by atoms with Gasteiger partial charge < -0.3 is 9.84 Å². The van der Waals surface area contributed by atoms with Crippen LogP contribution in [0.3, 0.4) is 0 Å². The van der Waals surface area contributed by atoms with Crippen LogP contribution in [-0.4, -0.2) is 42.8 Å². The summed E-state index contributed by atoms with van der Waals surface area (Å²) in [5, 5.41) is 19.8. The molecule has 0 amide bonds. The van der Waals surface area contributed by atoms with Gasteiger partial charge in [0.2, 0.25) is 0 Å². The smallest absolute Gasteiger partial charge is 0.406 e. The lowest BCUT2D eigenvalue weighted by atomic mass is 10.0. The van der Waals surface area contributed by atoms with E-state index in [1.165, 1.54) is 18.2 Å². The van der Waals surface area contributed by atoms with Gasteiger partial charge in [-0.05, 0) is 34.2 Å². The Morgan fingerprint density at radius 3 is 2.46 bits per heavy atom. The number of ether oxygens (including phenoxy) is 1. The molecular weight excluding hydrogens is 389 g/mol. The molecule has 1 unspecified atom stereocenters. The first kappa shape index (κ1) is 19.6. The summed E-state index contributed by atoms with van der Waals surface area (Å²) in [5.41, 5.74) is -0.125. The quantitative estimate of drug-likeness (QED) is 0.640. The first-order chi connectivity index (χ1) is 13.1. The Morgan fingerprint density at radius 1 is 1.07 bits per heavy atom. The van der Waals surface area contributed by atoms with E-state index in [-0.39, 0.29) is 0 Å². The number of benzene rings is 1. The third-order valence-electron chi connectivity index (χ3n) is 3.68. The molecule has 0 saturated carbocycles. The summed E-state index contributed by atoms with van der Waals surface area (Å²) in [6, 6.07) is 7.26. The molecule has 1 N–H and O–H groups in total. The van der Waals surface area contributed by atoms with Crippen LogP contribution in [0, 0.1) is 0 Å². The minimum atomic E-state index is -4.85. The fraction of sp³-hybridized carbons (Fsp3) is 0.250. The minimum Gasteiger partial charge on any atom is -0.406 e. The third kappa shape index (κ3) is 4.57. The van der Waals surface area contributed by atoms with Crippen LogP contribution in [0.25, 0.3) is 11.1 Å². The molecule has 2 aromatic heterocycles. The van der Waals surface area contributed by atoms with E-state index in [0.717, 1.165) is 35.4 Å². The summed E-state index contributed by atoms with van der Waals surface area (Å²) < 4.78 is 70.5. The van der Waals surface area contributed by atoms with E-state index in [0.29, 0.717) is 11.1 Å². The number of hydrogen-bond acceptors (Lipinski definition) is 6. The van der Waals surface area contributed by atoms with Crippen LogP contribution >= 0.6 is 0 Å². The molecule has 3 rings (SSSR count). The van der Waals surface area contributed by atoms with Gasteiger partial charge in [-0.1, -0.05) is 18.2 Å². The van der Waals surface area contributed by atoms with E-state index in [2.05, 4.69) is 25.2 Å². The molecule has 28 heavy (non-hydrogen) atoms. The molecule has 0 spiro atoms. The average Bonchev–Trinajstić information content (AvgIpc) is 3.13. The van der Waals surface area contributed by atoms with E-state index in [4.69, 9.17) is 0 Å². The SMILES string of the molecule is OC(Cn1cnnn1)C(F)(F)c1ccc(-c2cccc(OC(F)(F)F)c2)cn1. The van der Waals surface area contributed by atoms with Crippen LogP contribution < -0.4 is 4.74 Å². The molecule has 148 valence electrons. The molecule has 0 radical (unpaired) electrons. The molecule has 0 fully saturated rings. The highest BCUT2D eigenvalue weighted by atomic mass is 19.4. The van der Waals surface area contributed by atoms with Gasteiger partial charge in [-0.3, -0.25) is 4.98 Å². The first-order valence-electron chi connectivity index (χ1n) is 7.74. The summed E-state index contributed by atoms with van der Waals surface area (Å²) in [6.45, 7) is -0.555. The van der Waals surface area contributed by atoms with Crippen LogP contribution in [0.1, 0.15) is 5.69 Å². The average molecular weight is 401 g/mol. The summed E-state index contributed by atoms with van der Waals surface area (Å²) in [4.78, 5) is 3.65. The number of pyridine rings is 1. The van der Waals surface area contributed by atoms with E-state index < -0.39 is 36.4 Å². The van der Waals surface area contributed by atoms with Crippen molar-refractivity contribution in [2.75, 3.05) is 0 Å². The van der Waals surface area contributed by atoms with Gasteiger partial charge in [0, 0.05) is 11.8 Å². The number of hydrogen-bond donors (Lipinski definition) is 1. The standard InChI is InChI=1S/C16H12F5N5O2/c17-15(18,14(27)8-26-9-23-24-25-26)13-5-4-11(7-22-13)10-2-1-3-12(6-10)28-16(19,20)21/h1-7,9,14,27H,8H2. The predicted octanol–water partition coefficient (Wildman–Crippen LogP) is 2.79. The predicted molar refractivity (Wildman–Crippen MR) is 84.1 cm³/mol. The zero-order valence-electron chi connectivity index (χ0n) is 13.9. The molecule has 1 aromatic carbocycles. The van der Waals surface area contributed by atoms with Crippen molar-refractivity contribution in [1.82, 2.24) is 25.2 Å². The van der Waals surface area contributed by atoms with Gasteiger partial charge >= 0.3 is 12.3 Å². The van der Waals surface area contributed by atoms with E-state index in [1.807, 2.05) is 0 Å². The van der Waals surface area contributed by atoms with Gasteiger partial charge in [-0.25, -0.2) is 4.68 Å². The number of aliphatic hydroxyl groups excluding tert-OH is 1. The van der Waals surface area contributed by atoms with Crippen molar-refractivity contribution in [2.45, 2.75) is 24.9 Å². The molecule has 12 heteroatoms. The number of halogens is 5. The lowest BCUT2D eigenvalue weighted by molar-refractivity contribution is -0.274. The molecular formula is C16H12F5N5O2. The van der Waals surface area contributed by atoms with Crippen molar-refractivity contribution < 1.29 is 31.8 Å². The lowest BCUT2D eigenvalue weighted by Crippen LogP contribution is -2.35. The fourth-order valence-electron chi connectivity index (χ4n) is 2.36. The normalized spacial score (nSPS) is 13.4. The Labute approximate surface area is 154 Å². The number of tetrazole rings is 1. The topological polar surface area (TPSA) is 86.0 Å². The van der Waals surface area contributed by atoms with Crippen LogP contribution in [-0.2, 0) is 12.5 Å². The number of nitrogens with zero attached hydrogens (tertiary/aromatic N) is 5. The van der Waals surface area contributed by atoms with E-state index in [9.17, 15) is 27.1 Å². The van der Waals surface area contributed by atoms with Gasteiger partial charge in [-0.2, -0.15) is 8.78 Å². The highest BCUT2D eigenvalue weighted by molar-refractivity contribution is 5.64. The van der Waals surface area contributed by atoms with Crippen LogP contribution in [0.15, 0.2) is 48.9 Å². The molecule has 0 aliphatic rings. The monoisotopic (exact) mass is 401 g/mol. The Morgan fingerprint density at radius 2 is 1.86 bits per heavy atom. The van der Waals surface area contributed by atoms with Crippen LogP contribution in [0.2, 0.25) is 0 Å². The molecule has 0 bridgehead atoms. The van der Waals surface area contributed by atoms with Crippen molar-refractivity contribution in [3.05, 3.63) is 54.6 Å². The number of aromatic nitrogens is 5. The number of rotatable bonds is 6. The van der Waals surface area contributed by atoms with Gasteiger partial charge in [0.05, 0.1) is 6.54 Å². The van der Waals surface area contributed by atoms with Crippen LogP contribution in [0.4, 0.5) is 22.0 Å². The van der Waals surface area contributed by atoms with Crippen molar-refractivity contribution in [3.63, 3.8) is 0 Å². The molecule has 0 aliphatic carbocycles.